The minimum atomic E-state index is -1.37. The van der Waals surface area contributed by atoms with Crippen LogP contribution in [0, 0.1) is 0 Å². The van der Waals surface area contributed by atoms with Crippen molar-refractivity contribution in [2.45, 2.75) is 38.2 Å². The van der Waals surface area contributed by atoms with Crippen LogP contribution in [0.5, 0.6) is 5.75 Å². The molecule has 0 unspecified atom stereocenters. The Labute approximate surface area is 172 Å². The van der Waals surface area contributed by atoms with Gasteiger partial charge in [0.15, 0.2) is 6.79 Å². The van der Waals surface area contributed by atoms with Crippen LogP contribution in [0.25, 0.3) is 0 Å². The van der Waals surface area contributed by atoms with E-state index in [1.807, 2.05) is 25.1 Å². The van der Waals surface area contributed by atoms with E-state index in [0.717, 1.165) is 35.2 Å². The molecule has 1 amide bonds. The summed E-state index contributed by atoms with van der Waals surface area (Å²) >= 11 is 6.18. The van der Waals surface area contributed by atoms with E-state index in [2.05, 4.69) is 6.07 Å². The molecule has 0 saturated heterocycles. The quantitative estimate of drug-likeness (QED) is 0.755. The molecule has 0 saturated carbocycles. The number of rotatable bonds is 4. The number of hydrogen-bond acceptors (Lipinski definition) is 4. The third-order valence-corrected chi connectivity index (χ3v) is 6.56. The summed E-state index contributed by atoms with van der Waals surface area (Å²) in [4.78, 5) is 14.8. The maximum atomic E-state index is 13.0. The predicted octanol–water partition coefficient (Wildman–Crippen LogP) is 3.82. The van der Waals surface area contributed by atoms with E-state index in [1.165, 1.54) is 0 Å². The first-order valence-corrected chi connectivity index (χ1v) is 11.2. The number of halogens is 1. The zero-order valence-corrected chi connectivity index (χ0v) is 17.2. The topological polar surface area (TPSA) is 55.8 Å². The number of aryl methyl sites for hydroxylation is 1. The molecule has 2 aliphatic rings. The van der Waals surface area contributed by atoms with Crippen molar-refractivity contribution >= 4 is 34.0 Å². The molecule has 2 heterocycles. The van der Waals surface area contributed by atoms with Crippen molar-refractivity contribution in [2.75, 3.05) is 17.4 Å². The molecule has 148 valence electrons. The summed E-state index contributed by atoms with van der Waals surface area (Å²) in [7, 11) is -1.37. The van der Waals surface area contributed by atoms with Gasteiger partial charge in [0.05, 0.1) is 12.4 Å². The van der Waals surface area contributed by atoms with Gasteiger partial charge in [-0.25, -0.2) is 0 Å². The van der Waals surface area contributed by atoms with Gasteiger partial charge in [-0.05, 0) is 43.5 Å². The average Bonchev–Trinajstić information content (AvgIpc) is 2.67. The molecular weight excluding hydrogens is 398 g/mol. The fraction of sp³-hybridized carbons (Fsp3) is 0.381. The Morgan fingerprint density at radius 1 is 1.29 bits per heavy atom. The summed E-state index contributed by atoms with van der Waals surface area (Å²) in [5.74, 6) is 0.751. The van der Waals surface area contributed by atoms with Crippen LogP contribution in [0.3, 0.4) is 0 Å². The monoisotopic (exact) mass is 419 g/mol. The van der Waals surface area contributed by atoms with E-state index in [1.54, 1.807) is 17.0 Å². The van der Waals surface area contributed by atoms with Gasteiger partial charge < -0.3 is 14.4 Å². The van der Waals surface area contributed by atoms with E-state index in [9.17, 15) is 9.00 Å². The smallest absolute Gasteiger partial charge is 0.239 e. The summed E-state index contributed by atoms with van der Waals surface area (Å²) in [5, 5.41) is 0.546. The van der Waals surface area contributed by atoms with Gasteiger partial charge in [-0.1, -0.05) is 29.8 Å². The SMILES string of the molecule is C[C@H]1CCc2ccccc2N1C(=O)C[S@@](=O)Cc1cc(Cl)cc2c1OCOC2. The van der Waals surface area contributed by atoms with Crippen molar-refractivity contribution in [3.63, 3.8) is 0 Å². The molecule has 5 nitrogen and oxygen atoms in total. The van der Waals surface area contributed by atoms with Crippen LogP contribution in [0.15, 0.2) is 36.4 Å². The van der Waals surface area contributed by atoms with Gasteiger partial charge in [0.2, 0.25) is 5.91 Å². The standard InChI is InChI=1S/C21H22ClNO4S/c1-14-6-7-15-4-2-3-5-19(15)23(14)20(24)12-28(25)11-17-9-18(22)8-16-10-26-13-27-21(16)17/h2-5,8-9,14H,6-7,10-13H2,1H3/t14-,28-/m0/s1. The molecule has 7 heteroatoms. The highest BCUT2D eigenvalue weighted by Gasteiger charge is 2.29. The second kappa shape index (κ2) is 8.23. The minimum Gasteiger partial charge on any atom is -0.467 e. The summed E-state index contributed by atoms with van der Waals surface area (Å²) < 4.78 is 23.7. The molecule has 0 aromatic heterocycles. The Morgan fingerprint density at radius 2 is 2.11 bits per heavy atom. The number of nitrogens with zero attached hydrogens (tertiary/aromatic N) is 1. The van der Waals surface area contributed by atoms with Gasteiger partial charge in [0.1, 0.15) is 11.5 Å². The van der Waals surface area contributed by atoms with Gasteiger partial charge in [-0.3, -0.25) is 9.00 Å². The molecule has 2 aliphatic heterocycles. The normalized spacial score (nSPS) is 19.4. The number of hydrogen-bond donors (Lipinski definition) is 0. The van der Waals surface area contributed by atoms with Crippen LogP contribution in [0.1, 0.15) is 30.0 Å². The molecule has 28 heavy (non-hydrogen) atoms. The number of amides is 1. The van der Waals surface area contributed by atoms with E-state index < -0.39 is 10.8 Å². The lowest BCUT2D eigenvalue weighted by atomic mass is 9.97. The highest BCUT2D eigenvalue weighted by atomic mass is 35.5. The lowest BCUT2D eigenvalue weighted by Gasteiger charge is -2.35. The molecule has 2 aromatic rings. The van der Waals surface area contributed by atoms with Crippen LogP contribution in [-0.4, -0.2) is 28.7 Å². The van der Waals surface area contributed by atoms with Crippen molar-refractivity contribution in [2.24, 2.45) is 0 Å². The maximum absolute atomic E-state index is 13.0. The number of para-hydroxylation sites is 1. The second-order valence-corrected chi connectivity index (χ2v) is 9.07. The van der Waals surface area contributed by atoms with Gasteiger partial charge in [0.25, 0.3) is 0 Å². The number of carbonyl (C=O) groups is 1. The maximum Gasteiger partial charge on any atom is 0.239 e. The van der Waals surface area contributed by atoms with Crippen molar-refractivity contribution in [3.8, 4) is 5.75 Å². The Morgan fingerprint density at radius 3 is 2.96 bits per heavy atom. The first-order valence-electron chi connectivity index (χ1n) is 9.29. The Hall–Kier alpha value is -1.89. The van der Waals surface area contributed by atoms with Crippen LogP contribution in [0.4, 0.5) is 5.69 Å². The van der Waals surface area contributed by atoms with Crippen LogP contribution in [-0.2, 0) is 39.1 Å². The second-order valence-electron chi connectivity index (χ2n) is 7.17. The third-order valence-electron chi connectivity index (χ3n) is 5.14. The molecule has 0 fully saturated rings. The van der Waals surface area contributed by atoms with Crippen molar-refractivity contribution < 1.29 is 18.5 Å². The third kappa shape index (κ3) is 3.95. The molecule has 0 spiro atoms. The molecule has 0 bridgehead atoms. The predicted molar refractivity (Wildman–Crippen MR) is 110 cm³/mol. The Balaban J connectivity index is 1.51. The van der Waals surface area contributed by atoms with Gasteiger partial charge in [-0.2, -0.15) is 0 Å². The van der Waals surface area contributed by atoms with E-state index in [0.29, 0.717) is 17.4 Å². The summed E-state index contributed by atoms with van der Waals surface area (Å²) in [6.07, 6.45) is 1.86. The molecular formula is C21H22ClNO4S. The zero-order valence-electron chi connectivity index (χ0n) is 15.7. The largest absolute Gasteiger partial charge is 0.467 e. The molecule has 2 atom stereocenters. The van der Waals surface area contributed by atoms with Crippen LogP contribution in [0.2, 0.25) is 5.02 Å². The summed E-state index contributed by atoms with van der Waals surface area (Å²) in [5.41, 5.74) is 3.69. The molecule has 0 N–H and O–H groups in total. The number of fused-ring (bicyclic) bond motifs is 2. The number of carbonyl (C=O) groups excluding carboxylic acids is 1. The van der Waals surface area contributed by atoms with Crippen molar-refractivity contribution in [3.05, 3.63) is 58.1 Å². The first kappa shape index (κ1) is 19.4. The number of benzene rings is 2. The van der Waals surface area contributed by atoms with Gasteiger partial charge >= 0.3 is 0 Å². The van der Waals surface area contributed by atoms with Gasteiger partial charge in [0, 0.05) is 38.7 Å². The molecule has 2 aromatic carbocycles. The Kier molecular flexibility index (Phi) is 5.71. The van der Waals surface area contributed by atoms with Gasteiger partial charge in [-0.15, -0.1) is 0 Å². The number of ether oxygens (including phenoxy) is 2. The highest BCUT2D eigenvalue weighted by Crippen LogP contribution is 2.33. The van der Waals surface area contributed by atoms with Crippen molar-refractivity contribution in [1.29, 1.82) is 0 Å². The van der Waals surface area contributed by atoms with E-state index in [-0.39, 0.29) is 30.2 Å². The summed E-state index contributed by atoms with van der Waals surface area (Å²) in [6.45, 7) is 2.61. The minimum absolute atomic E-state index is 0.0313. The number of anilines is 1. The van der Waals surface area contributed by atoms with Crippen molar-refractivity contribution in [1.82, 2.24) is 0 Å². The van der Waals surface area contributed by atoms with Crippen LogP contribution < -0.4 is 9.64 Å². The lowest BCUT2D eigenvalue weighted by Crippen LogP contribution is -2.44. The molecule has 4 rings (SSSR count). The zero-order chi connectivity index (χ0) is 19.7. The van der Waals surface area contributed by atoms with Crippen LogP contribution >= 0.6 is 11.6 Å². The first-order chi connectivity index (χ1) is 13.5. The fourth-order valence-electron chi connectivity index (χ4n) is 3.86. The Bertz CT molecular complexity index is 933. The lowest BCUT2D eigenvalue weighted by molar-refractivity contribution is -0.116. The highest BCUT2D eigenvalue weighted by molar-refractivity contribution is 7.85. The molecule has 0 radical (unpaired) electrons. The van der Waals surface area contributed by atoms with E-state index >= 15 is 0 Å². The average molecular weight is 420 g/mol. The van der Waals surface area contributed by atoms with E-state index in [4.69, 9.17) is 21.1 Å². The molecule has 0 aliphatic carbocycles. The fourth-order valence-corrected chi connectivity index (χ4v) is 5.21. The summed E-state index contributed by atoms with van der Waals surface area (Å²) in [6, 6.07) is 11.6.